The first-order valence-electron chi connectivity index (χ1n) is 5.61. The number of carbonyl (C=O) groups excluding carboxylic acids is 1. The van der Waals surface area contributed by atoms with E-state index in [4.69, 9.17) is 16.3 Å². The Morgan fingerprint density at radius 1 is 1.30 bits per heavy atom. The van der Waals surface area contributed by atoms with Crippen LogP contribution in [-0.2, 0) is 0 Å². The fourth-order valence-corrected chi connectivity index (χ4v) is 2.26. The van der Waals surface area contributed by atoms with Crippen molar-refractivity contribution in [3.8, 4) is 5.75 Å². The monoisotopic (exact) mass is 405 g/mol. The van der Waals surface area contributed by atoms with Gasteiger partial charge in [0.25, 0.3) is 5.91 Å². The van der Waals surface area contributed by atoms with Crippen molar-refractivity contribution in [2.75, 3.05) is 12.4 Å². The summed E-state index contributed by atoms with van der Waals surface area (Å²) < 4.78 is 19.6. The molecule has 0 saturated heterocycles. The Kier molecular flexibility index (Phi) is 4.82. The van der Waals surface area contributed by atoms with Gasteiger partial charge in [0.2, 0.25) is 0 Å². The molecule has 2 aromatic carbocycles. The Morgan fingerprint density at radius 2 is 2.05 bits per heavy atom. The van der Waals surface area contributed by atoms with E-state index < -0.39 is 11.7 Å². The number of nitrogens with one attached hydrogen (secondary N) is 1. The third-order valence-electron chi connectivity index (χ3n) is 2.59. The van der Waals surface area contributed by atoms with Crippen LogP contribution in [0.15, 0.2) is 36.4 Å². The standard InChI is InChI=1S/C14H10ClFINO2/c1-20-13-5-2-8(15)6-10(13)14(19)18-12-4-3-9(17)7-11(12)16/h2-7H,1H3,(H,18,19). The van der Waals surface area contributed by atoms with Crippen LogP contribution >= 0.6 is 34.2 Å². The van der Waals surface area contributed by atoms with Crippen LogP contribution in [0, 0.1) is 9.39 Å². The summed E-state index contributed by atoms with van der Waals surface area (Å²) in [5.74, 6) is -0.603. The van der Waals surface area contributed by atoms with E-state index in [-0.39, 0.29) is 11.3 Å². The Hall–Kier alpha value is -1.34. The fraction of sp³-hybridized carbons (Fsp3) is 0.0714. The molecule has 0 saturated carbocycles. The molecule has 0 aliphatic carbocycles. The minimum Gasteiger partial charge on any atom is -0.496 e. The molecular formula is C14H10ClFINO2. The first-order chi connectivity index (χ1) is 9.51. The number of hydrogen-bond donors (Lipinski definition) is 1. The first kappa shape index (κ1) is 15.1. The number of anilines is 1. The van der Waals surface area contributed by atoms with Gasteiger partial charge in [-0.25, -0.2) is 4.39 Å². The minimum atomic E-state index is -0.494. The van der Waals surface area contributed by atoms with E-state index >= 15 is 0 Å². The number of halogens is 3. The fourth-order valence-electron chi connectivity index (χ4n) is 1.64. The van der Waals surface area contributed by atoms with Crippen molar-refractivity contribution in [2.45, 2.75) is 0 Å². The van der Waals surface area contributed by atoms with E-state index in [0.29, 0.717) is 10.8 Å². The second-order valence-electron chi connectivity index (χ2n) is 3.92. The van der Waals surface area contributed by atoms with Crippen molar-refractivity contribution in [2.24, 2.45) is 0 Å². The lowest BCUT2D eigenvalue weighted by molar-refractivity contribution is 0.102. The summed E-state index contributed by atoms with van der Waals surface area (Å²) in [5.41, 5.74) is 0.357. The molecule has 0 spiro atoms. The Morgan fingerprint density at radius 3 is 2.70 bits per heavy atom. The number of rotatable bonds is 3. The van der Waals surface area contributed by atoms with Crippen LogP contribution in [0.2, 0.25) is 5.02 Å². The summed E-state index contributed by atoms with van der Waals surface area (Å²) in [5, 5.41) is 2.90. The van der Waals surface area contributed by atoms with Gasteiger partial charge in [0, 0.05) is 8.59 Å². The van der Waals surface area contributed by atoms with Crippen molar-refractivity contribution in [1.29, 1.82) is 0 Å². The van der Waals surface area contributed by atoms with E-state index in [1.54, 1.807) is 18.2 Å². The van der Waals surface area contributed by atoms with Crippen molar-refractivity contribution in [3.63, 3.8) is 0 Å². The van der Waals surface area contributed by atoms with Crippen molar-refractivity contribution in [3.05, 3.63) is 56.4 Å². The van der Waals surface area contributed by atoms with Crippen molar-refractivity contribution >= 4 is 45.8 Å². The van der Waals surface area contributed by atoms with Crippen molar-refractivity contribution < 1.29 is 13.9 Å². The third kappa shape index (κ3) is 3.40. The molecule has 0 aliphatic rings. The molecule has 2 aromatic rings. The van der Waals surface area contributed by atoms with Crippen LogP contribution in [0.4, 0.5) is 10.1 Å². The molecular weight excluding hydrogens is 396 g/mol. The van der Waals surface area contributed by atoms with E-state index in [9.17, 15) is 9.18 Å². The van der Waals surface area contributed by atoms with Crippen LogP contribution < -0.4 is 10.1 Å². The minimum absolute atomic E-state index is 0.109. The van der Waals surface area contributed by atoms with Crippen LogP contribution in [0.25, 0.3) is 0 Å². The summed E-state index contributed by atoms with van der Waals surface area (Å²) in [6, 6.07) is 9.22. The summed E-state index contributed by atoms with van der Waals surface area (Å²) >= 11 is 7.86. The Bertz CT molecular complexity index is 664. The highest BCUT2D eigenvalue weighted by molar-refractivity contribution is 14.1. The van der Waals surface area contributed by atoms with E-state index in [0.717, 1.165) is 3.57 Å². The highest BCUT2D eigenvalue weighted by Crippen LogP contribution is 2.24. The molecule has 20 heavy (non-hydrogen) atoms. The van der Waals surface area contributed by atoms with Gasteiger partial charge in [-0.2, -0.15) is 0 Å². The SMILES string of the molecule is COc1ccc(Cl)cc1C(=O)Nc1ccc(I)cc1F. The van der Waals surface area contributed by atoms with Gasteiger partial charge in [-0.15, -0.1) is 0 Å². The van der Waals surface area contributed by atoms with Gasteiger partial charge in [-0.1, -0.05) is 11.6 Å². The first-order valence-corrected chi connectivity index (χ1v) is 7.07. The smallest absolute Gasteiger partial charge is 0.259 e. The second-order valence-corrected chi connectivity index (χ2v) is 5.60. The molecule has 6 heteroatoms. The molecule has 0 heterocycles. The molecule has 104 valence electrons. The summed E-state index contributed by atoms with van der Waals surface area (Å²) in [4.78, 5) is 12.2. The van der Waals surface area contributed by atoms with Gasteiger partial charge in [0.05, 0.1) is 18.4 Å². The molecule has 1 amide bonds. The van der Waals surface area contributed by atoms with Crippen LogP contribution in [0.1, 0.15) is 10.4 Å². The zero-order valence-corrected chi connectivity index (χ0v) is 13.3. The molecule has 0 aromatic heterocycles. The molecule has 0 fully saturated rings. The highest BCUT2D eigenvalue weighted by Gasteiger charge is 2.15. The van der Waals surface area contributed by atoms with Crippen LogP contribution in [0.5, 0.6) is 5.75 Å². The number of methoxy groups -OCH3 is 1. The molecule has 2 rings (SSSR count). The molecule has 0 unspecified atom stereocenters. The predicted octanol–water partition coefficient (Wildman–Crippen LogP) is 4.34. The van der Waals surface area contributed by atoms with Crippen molar-refractivity contribution in [1.82, 2.24) is 0 Å². The number of benzene rings is 2. The maximum atomic E-state index is 13.7. The van der Waals surface area contributed by atoms with Gasteiger partial charge in [-0.05, 0) is 59.0 Å². The lowest BCUT2D eigenvalue weighted by Gasteiger charge is -2.10. The zero-order valence-electron chi connectivity index (χ0n) is 10.4. The number of amides is 1. The largest absolute Gasteiger partial charge is 0.496 e. The molecule has 0 bridgehead atoms. The normalized spacial score (nSPS) is 10.2. The summed E-state index contributed by atoms with van der Waals surface area (Å²) in [6.45, 7) is 0. The Labute approximate surface area is 134 Å². The molecule has 0 atom stereocenters. The average molecular weight is 406 g/mol. The summed E-state index contributed by atoms with van der Waals surface area (Å²) in [7, 11) is 1.45. The van der Waals surface area contributed by atoms with Crippen LogP contribution in [0.3, 0.4) is 0 Å². The lowest BCUT2D eigenvalue weighted by Crippen LogP contribution is -2.14. The predicted molar refractivity (Wildman–Crippen MR) is 85.1 cm³/mol. The van der Waals surface area contributed by atoms with Gasteiger partial charge in [-0.3, -0.25) is 4.79 Å². The van der Waals surface area contributed by atoms with E-state index in [1.165, 1.54) is 25.3 Å². The van der Waals surface area contributed by atoms with Gasteiger partial charge < -0.3 is 10.1 Å². The van der Waals surface area contributed by atoms with E-state index in [2.05, 4.69) is 5.32 Å². The van der Waals surface area contributed by atoms with Gasteiger partial charge in [0.15, 0.2) is 0 Å². The average Bonchev–Trinajstić information content (AvgIpc) is 2.41. The highest BCUT2D eigenvalue weighted by atomic mass is 127. The number of hydrogen-bond acceptors (Lipinski definition) is 2. The quantitative estimate of drug-likeness (QED) is 0.771. The maximum Gasteiger partial charge on any atom is 0.259 e. The van der Waals surface area contributed by atoms with Crippen LogP contribution in [-0.4, -0.2) is 13.0 Å². The van der Waals surface area contributed by atoms with E-state index in [1.807, 2.05) is 22.6 Å². The number of carbonyl (C=O) groups is 1. The van der Waals surface area contributed by atoms with Gasteiger partial charge >= 0.3 is 0 Å². The second kappa shape index (κ2) is 6.41. The molecule has 0 radical (unpaired) electrons. The zero-order chi connectivity index (χ0) is 14.7. The molecule has 1 N–H and O–H groups in total. The van der Waals surface area contributed by atoms with Gasteiger partial charge in [0.1, 0.15) is 11.6 Å². The molecule has 3 nitrogen and oxygen atoms in total. The summed E-state index contributed by atoms with van der Waals surface area (Å²) in [6.07, 6.45) is 0. The topological polar surface area (TPSA) is 38.3 Å². The lowest BCUT2D eigenvalue weighted by atomic mass is 10.2. The number of ether oxygens (including phenoxy) is 1. The Balaban J connectivity index is 2.30. The maximum absolute atomic E-state index is 13.7. The molecule has 0 aliphatic heterocycles. The third-order valence-corrected chi connectivity index (χ3v) is 3.49.